The Morgan fingerprint density at radius 2 is 1.80 bits per heavy atom. The van der Waals surface area contributed by atoms with E-state index in [1.807, 2.05) is 24.3 Å². The molecule has 1 atom stereocenters. The van der Waals surface area contributed by atoms with Crippen LogP contribution in [0.25, 0.3) is 0 Å². The number of hydrogen-bond acceptors (Lipinski definition) is 3. The largest absolute Gasteiger partial charge is 0.486 e. The van der Waals surface area contributed by atoms with Gasteiger partial charge in [0.25, 0.3) is 0 Å². The summed E-state index contributed by atoms with van der Waals surface area (Å²) in [4.78, 5) is 0. The summed E-state index contributed by atoms with van der Waals surface area (Å²) in [6.45, 7) is 2.09. The predicted molar refractivity (Wildman–Crippen MR) is 75.7 cm³/mol. The Morgan fingerprint density at radius 1 is 1.15 bits per heavy atom. The molecule has 3 N–H and O–H groups in total. The minimum absolute atomic E-state index is 0.00843. The van der Waals surface area contributed by atoms with Crippen molar-refractivity contribution in [2.24, 2.45) is 5.73 Å². The smallest absolute Gasteiger partial charge is 0.165 e. The van der Waals surface area contributed by atoms with Crippen LogP contribution in [0.5, 0.6) is 5.75 Å². The van der Waals surface area contributed by atoms with Crippen LogP contribution in [0.3, 0.4) is 0 Å². The molecular weight excluding hydrogens is 257 g/mol. The molecule has 0 saturated heterocycles. The van der Waals surface area contributed by atoms with Crippen LogP contribution in [0.2, 0.25) is 0 Å². The number of hydrogen-bond donors (Lipinski definition) is 2. The first-order valence-electron chi connectivity index (χ1n) is 6.46. The molecular formula is C16H18FNO2. The van der Waals surface area contributed by atoms with Gasteiger partial charge in [0.2, 0.25) is 0 Å². The summed E-state index contributed by atoms with van der Waals surface area (Å²) in [6, 6.07) is 11.9. The Balaban J connectivity index is 2.03. The summed E-state index contributed by atoms with van der Waals surface area (Å²) >= 11 is 0. The molecule has 0 saturated carbocycles. The van der Waals surface area contributed by atoms with E-state index >= 15 is 0 Å². The first-order valence-corrected chi connectivity index (χ1v) is 6.46. The second-order valence-electron chi connectivity index (χ2n) is 4.74. The van der Waals surface area contributed by atoms with Crippen LogP contribution in [0.15, 0.2) is 42.5 Å². The summed E-state index contributed by atoms with van der Waals surface area (Å²) < 4.78 is 19.3. The van der Waals surface area contributed by atoms with Crippen LogP contribution in [-0.4, -0.2) is 5.11 Å². The van der Waals surface area contributed by atoms with E-state index < -0.39 is 5.82 Å². The van der Waals surface area contributed by atoms with E-state index in [-0.39, 0.29) is 25.0 Å². The minimum Gasteiger partial charge on any atom is -0.486 e. The third kappa shape index (κ3) is 3.56. The molecule has 0 aliphatic carbocycles. The highest BCUT2D eigenvalue weighted by Crippen LogP contribution is 2.22. The van der Waals surface area contributed by atoms with Gasteiger partial charge in [-0.15, -0.1) is 0 Å². The van der Waals surface area contributed by atoms with Crippen molar-refractivity contribution < 1.29 is 14.2 Å². The molecule has 0 spiro atoms. The second-order valence-corrected chi connectivity index (χ2v) is 4.74. The highest BCUT2D eigenvalue weighted by atomic mass is 19.1. The van der Waals surface area contributed by atoms with Crippen LogP contribution in [-0.2, 0) is 13.2 Å². The fraction of sp³-hybridized carbons (Fsp3) is 0.250. The van der Waals surface area contributed by atoms with E-state index in [2.05, 4.69) is 0 Å². The first kappa shape index (κ1) is 14.5. The van der Waals surface area contributed by atoms with Gasteiger partial charge in [-0.25, -0.2) is 4.39 Å². The zero-order valence-corrected chi connectivity index (χ0v) is 11.3. The fourth-order valence-corrected chi connectivity index (χ4v) is 1.82. The van der Waals surface area contributed by atoms with Gasteiger partial charge in [-0.3, -0.25) is 0 Å². The van der Waals surface area contributed by atoms with Gasteiger partial charge in [-0.05, 0) is 35.7 Å². The lowest BCUT2D eigenvalue weighted by Crippen LogP contribution is -2.06. The van der Waals surface area contributed by atoms with Crippen molar-refractivity contribution in [1.29, 1.82) is 0 Å². The van der Waals surface area contributed by atoms with Gasteiger partial charge in [0, 0.05) is 6.04 Å². The van der Waals surface area contributed by atoms with Crippen molar-refractivity contribution >= 4 is 0 Å². The monoisotopic (exact) mass is 275 g/mol. The van der Waals surface area contributed by atoms with Gasteiger partial charge in [0.15, 0.2) is 11.6 Å². The zero-order chi connectivity index (χ0) is 14.5. The van der Waals surface area contributed by atoms with Crippen molar-refractivity contribution in [3.8, 4) is 5.75 Å². The third-order valence-electron chi connectivity index (χ3n) is 3.08. The predicted octanol–water partition coefficient (Wildman–Crippen LogP) is 2.92. The Bertz CT molecular complexity index is 567. The quantitative estimate of drug-likeness (QED) is 0.882. The molecule has 3 nitrogen and oxygen atoms in total. The van der Waals surface area contributed by atoms with Crippen molar-refractivity contribution in [3.63, 3.8) is 0 Å². The SMILES string of the molecule is C[C@@H](N)c1ccc(OCc2ccc(CO)cc2)c(F)c1. The number of aliphatic hydroxyl groups is 1. The maximum Gasteiger partial charge on any atom is 0.165 e. The summed E-state index contributed by atoms with van der Waals surface area (Å²) in [6.07, 6.45) is 0. The fourth-order valence-electron chi connectivity index (χ4n) is 1.82. The normalized spacial score (nSPS) is 12.2. The second kappa shape index (κ2) is 6.50. The highest BCUT2D eigenvalue weighted by molar-refractivity contribution is 5.31. The van der Waals surface area contributed by atoms with E-state index in [1.165, 1.54) is 6.07 Å². The van der Waals surface area contributed by atoms with Gasteiger partial charge in [0.1, 0.15) is 6.61 Å². The number of halogens is 1. The van der Waals surface area contributed by atoms with E-state index in [4.69, 9.17) is 15.6 Å². The van der Waals surface area contributed by atoms with Crippen LogP contribution in [0.1, 0.15) is 29.7 Å². The average Bonchev–Trinajstić information content (AvgIpc) is 2.46. The molecule has 4 heteroatoms. The van der Waals surface area contributed by atoms with Gasteiger partial charge in [-0.2, -0.15) is 0 Å². The lowest BCUT2D eigenvalue weighted by molar-refractivity contribution is 0.280. The van der Waals surface area contributed by atoms with Crippen molar-refractivity contribution in [1.82, 2.24) is 0 Å². The van der Waals surface area contributed by atoms with E-state index in [9.17, 15) is 4.39 Å². The number of rotatable bonds is 5. The van der Waals surface area contributed by atoms with E-state index in [1.54, 1.807) is 19.1 Å². The summed E-state index contributed by atoms with van der Waals surface area (Å²) in [5.74, 6) is -0.201. The van der Waals surface area contributed by atoms with E-state index in [0.29, 0.717) is 0 Å². The van der Waals surface area contributed by atoms with Crippen LogP contribution in [0.4, 0.5) is 4.39 Å². The molecule has 0 aliphatic rings. The molecule has 2 aromatic rings. The lowest BCUT2D eigenvalue weighted by Gasteiger charge is -2.10. The van der Waals surface area contributed by atoms with Crippen molar-refractivity contribution in [2.75, 3.05) is 0 Å². The molecule has 0 radical (unpaired) electrons. The molecule has 0 heterocycles. The summed E-state index contributed by atoms with van der Waals surface area (Å²) in [5, 5.41) is 8.95. The van der Waals surface area contributed by atoms with Crippen molar-refractivity contribution in [2.45, 2.75) is 26.2 Å². The third-order valence-corrected chi connectivity index (χ3v) is 3.08. The molecule has 106 valence electrons. The first-order chi connectivity index (χ1) is 9.60. The molecule has 0 aromatic heterocycles. The molecule has 0 unspecified atom stereocenters. The topological polar surface area (TPSA) is 55.5 Å². The lowest BCUT2D eigenvalue weighted by atomic mass is 10.1. The molecule has 0 amide bonds. The standard InChI is InChI=1S/C16H18FNO2/c1-11(18)14-6-7-16(15(17)8-14)20-10-13-4-2-12(9-19)3-5-13/h2-8,11,19H,9-10,18H2,1H3/t11-/m1/s1. The van der Waals surface area contributed by atoms with Gasteiger partial charge in [0.05, 0.1) is 6.61 Å². The zero-order valence-electron chi connectivity index (χ0n) is 11.3. The van der Waals surface area contributed by atoms with Crippen molar-refractivity contribution in [3.05, 3.63) is 65.0 Å². The Labute approximate surface area is 117 Å². The molecule has 0 bridgehead atoms. The van der Waals surface area contributed by atoms with Crippen LogP contribution in [0, 0.1) is 5.82 Å². The molecule has 0 aliphatic heterocycles. The molecule has 20 heavy (non-hydrogen) atoms. The minimum atomic E-state index is -0.410. The number of aliphatic hydroxyl groups excluding tert-OH is 1. The number of benzene rings is 2. The average molecular weight is 275 g/mol. The van der Waals surface area contributed by atoms with Gasteiger partial charge in [-0.1, -0.05) is 30.3 Å². The summed E-state index contributed by atoms with van der Waals surface area (Å²) in [5.41, 5.74) is 8.18. The van der Waals surface area contributed by atoms with Gasteiger partial charge < -0.3 is 15.6 Å². The number of nitrogens with two attached hydrogens (primary N) is 1. The van der Waals surface area contributed by atoms with E-state index in [0.717, 1.165) is 16.7 Å². The maximum atomic E-state index is 13.8. The Hall–Kier alpha value is -1.91. The molecule has 2 rings (SSSR count). The Kier molecular flexibility index (Phi) is 4.71. The maximum absolute atomic E-state index is 13.8. The summed E-state index contributed by atoms with van der Waals surface area (Å²) in [7, 11) is 0. The van der Waals surface area contributed by atoms with Crippen LogP contribution < -0.4 is 10.5 Å². The Morgan fingerprint density at radius 3 is 2.35 bits per heavy atom. The number of ether oxygens (including phenoxy) is 1. The van der Waals surface area contributed by atoms with Gasteiger partial charge >= 0.3 is 0 Å². The highest BCUT2D eigenvalue weighted by Gasteiger charge is 2.07. The van der Waals surface area contributed by atoms with Crippen LogP contribution >= 0.6 is 0 Å². The molecule has 2 aromatic carbocycles. The molecule has 0 fully saturated rings.